The lowest BCUT2D eigenvalue weighted by Gasteiger charge is -2.07. The molecule has 0 aliphatic rings. The fraction of sp³-hybridized carbons (Fsp3) is 0.0909. The highest BCUT2D eigenvalue weighted by Gasteiger charge is 2.12. The summed E-state index contributed by atoms with van der Waals surface area (Å²) in [6.07, 6.45) is 1.57. The number of nitrogens with zero attached hydrogens (tertiary/aromatic N) is 2. The van der Waals surface area contributed by atoms with Gasteiger partial charge in [-0.3, -0.25) is 9.48 Å². The number of aromatic hydroxyl groups is 1. The Kier molecular flexibility index (Phi) is 2.70. The zero-order chi connectivity index (χ0) is 12.4. The zero-order valence-electron chi connectivity index (χ0n) is 9.21. The minimum absolute atomic E-state index is 0.00523. The Hall–Kier alpha value is -2.50. The maximum Gasteiger partial charge on any atom is 0.259 e. The number of hydrogen-bond acceptors (Lipinski definition) is 4. The second-order valence-electron chi connectivity index (χ2n) is 3.57. The Morgan fingerprint density at radius 3 is 2.88 bits per heavy atom. The number of phenols is 1. The van der Waals surface area contributed by atoms with Crippen molar-refractivity contribution in [3.8, 4) is 5.75 Å². The van der Waals surface area contributed by atoms with E-state index in [9.17, 15) is 9.90 Å². The lowest BCUT2D eigenvalue weighted by atomic mass is 10.1. The van der Waals surface area contributed by atoms with Crippen molar-refractivity contribution < 1.29 is 9.90 Å². The molecule has 0 saturated carbocycles. The third-order valence-electron chi connectivity index (χ3n) is 2.34. The second-order valence-corrected chi connectivity index (χ2v) is 3.57. The largest absolute Gasteiger partial charge is 0.508 e. The van der Waals surface area contributed by atoms with Crippen LogP contribution in [0.4, 0.5) is 11.5 Å². The fourth-order valence-corrected chi connectivity index (χ4v) is 1.42. The average molecular weight is 232 g/mol. The molecule has 88 valence electrons. The van der Waals surface area contributed by atoms with E-state index in [-0.39, 0.29) is 17.2 Å². The number of rotatable bonds is 2. The molecular formula is C11H12N4O2. The third kappa shape index (κ3) is 2.20. The van der Waals surface area contributed by atoms with E-state index in [2.05, 4.69) is 10.4 Å². The first-order chi connectivity index (χ1) is 8.08. The van der Waals surface area contributed by atoms with Crippen LogP contribution in [0.2, 0.25) is 0 Å². The second kappa shape index (κ2) is 4.17. The van der Waals surface area contributed by atoms with E-state index in [0.717, 1.165) is 0 Å². The monoisotopic (exact) mass is 232 g/mol. The number of nitrogens with two attached hydrogens (primary N) is 1. The average Bonchev–Trinajstić information content (AvgIpc) is 2.68. The molecule has 0 aliphatic carbocycles. The SMILES string of the molecule is Cn1nccc1NC(=O)c1cc(O)ccc1N. The first-order valence-corrected chi connectivity index (χ1v) is 4.96. The summed E-state index contributed by atoms with van der Waals surface area (Å²) >= 11 is 0. The summed E-state index contributed by atoms with van der Waals surface area (Å²) in [4.78, 5) is 11.9. The molecule has 1 aromatic heterocycles. The van der Waals surface area contributed by atoms with Gasteiger partial charge < -0.3 is 16.2 Å². The maximum atomic E-state index is 11.9. The highest BCUT2D eigenvalue weighted by atomic mass is 16.3. The van der Waals surface area contributed by atoms with Crippen LogP contribution in [0.25, 0.3) is 0 Å². The fourth-order valence-electron chi connectivity index (χ4n) is 1.42. The van der Waals surface area contributed by atoms with Crippen molar-refractivity contribution in [3.63, 3.8) is 0 Å². The molecule has 2 aromatic rings. The van der Waals surface area contributed by atoms with Gasteiger partial charge in [0.1, 0.15) is 11.6 Å². The number of phenolic OH excluding ortho intramolecular Hbond substituents is 1. The molecule has 0 radical (unpaired) electrons. The molecule has 0 atom stereocenters. The summed E-state index contributed by atoms with van der Waals surface area (Å²) in [6, 6.07) is 5.89. The molecule has 0 aliphatic heterocycles. The summed E-state index contributed by atoms with van der Waals surface area (Å²) in [7, 11) is 1.71. The molecule has 17 heavy (non-hydrogen) atoms. The number of anilines is 2. The molecule has 0 unspecified atom stereocenters. The molecule has 0 spiro atoms. The predicted molar refractivity (Wildman–Crippen MR) is 63.7 cm³/mol. The molecule has 1 heterocycles. The minimum Gasteiger partial charge on any atom is -0.508 e. The van der Waals surface area contributed by atoms with Gasteiger partial charge >= 0.3 is 0 Å². The number of nitrogen functional groups attached to an aromatic ring is 1. The Bertz CT molecular complexity index is 562. The Morgan fingerprint density at radius 1 is 1.47 bits per heavy atom. The Labute approximate surface area is 97.7 Å². The van der Waals surface area contributed by atoms with Gasteiger partial charge in [0.2, 0.25) is 0 Å². The van der Waals surface area contributed by atoms with E-state index < -0.39 is 0 Å². The Morgan fingerprint density at radius 2 is 2.24 bits per heavy atom. The normalized spacial score (nSPS) is 10.2. The maximum absolute atomic E-state index is 11.9. The van der Waals surface area contributed by atoms with Gasteiger partial charge in [0.05, 0.1) is 11.8 Å². The van der Waals surface area contributed by atoms with Crippen LogP contribution in [-0.2, 0) is 7.05 Å². The smallest absolute Gasteiger partial charge is 0.259 e. The van der Waals surface area contributed by atoms with Gasteiger partial charge in [-0.05, 0) is 18.2 Å². The summed E-state index contributed by atoms with van der Waals surface area (Å²) in [6.45, 7) is 0. The van der Waals surface area contributed by atoms with E-state index >= 15 is 0 Å². The van der Waals surface area contributed by atoms with Crippen LogP contribution in [0.15, 0.2) is 30.5 Å². The van der Waals surface area contributed by atoms with Crippen molar-refractivity contribution in [3.05, 3.63) is 36.0 Å². The summed E-state index contributed by atoms with van der Waals surface area (Å²) < 4.78 is 1.52. The molecule has 0 saturated heterocycles. The molecule has 2 rings (SSSR count). The van der Waals surface area contributed by atoms with E-state index in [1.165, 1.54) is 22.9 Å². The van der Waals surface area contributed by atoms with Gasteiger partial charge in [-0.25, -0.2) is 0 Å². The summed E-state index contributed by atoms with van der Waals surface area (Å²) in [5.74, 6) is 0.161. The standard InChI is InChI=1S/C11H12N4O2/c1-15-10(4-5-13-15)14-11(17)8-6-7(16)2-3-9(8)12/h2-6,16H,12H2,1H3,(H,14,17). The summed E-state index contributed by atoms with van der Waals surface area (Å²) in [5.41, 5.74) is 6.20. The molecule has 4 N–H and O–H groups in total. The predicted octanol–water partition coefficient (Wildman–Crippen LogP) is 0.960. The Balaban J connectivity index is 2.26. The van der Waals surface area contributed by atoms with Gasteiger partial charge in [-0.1, -0.05) is 0 Å². The molecule has 1 aromatic carbocycles. The summed E-state index contributed by atoms with van der Waals surface area (Å²) in [5, 5.41) is 15.9. The molecule has 1 amide bonds. The number of carbonyl (C=O) groups excluding carboxylic acids is 1. The third-order valence-corrected chi connectivity index (χ3v) is 2.34. The lowest BCUT2D eigenvalue weighted by molar-refractivity contribution is 0.102. The van der Waals surface area contributed by atoms with Crippen molar-refractivity contribution in [2.45, 2.75) is 0 Å². The van der Waals surface area contributed by atoms with Crippen LogP contribution in [0.3, 0.4) is 0 Å². The number of amides is 1. The van der Waals surface area contributed by atoms with E-state index in [4.69, 9.17) is 5.73 Å². The van der Waals surface area contributed by atoms with Crippen molar-refractivity contribution in [1.29, 1.82) is 0 Å². The number of benzene rings is 1. The molecular weight excluding hydrogens is 220 g/mol. The van der Waals surface area contributed by atoms with Gasteiger partial charge in [0, 0.05) is 18.8 Å². The van der Waals surface area contributed by atoms with Crippen LogP contribution < -0.4 is 11.1 Å². The van der Waals surface area contributed by atoms with Gasteiger partial charge in [-0.2, -0.15) is 5.10 Å². The molecule has 6 nitrogen and oxygen atoms in total. The molecule has 0 bridgehead atoms. The van der Waals surface area contributed by atoms with Crippen molar-refractivity contribution >= 4 is 17.4 Å². The van der Waals surface area contributed by atoms with Crippen molar-refractivity contribution in [2.75, 3.05) is 11.1 Å². The van der Waals surface area contributed by atoms with Crippen LogP contribution in [0.5, 0.6) is 5.75 Å². The topological polar surface area (TPSA) is 93.2 Å². The van der Waals surface area contributed by atoms with Crippen LogP contribution in [0, 0.1) is 0 Å². The zero-order valence-corrected chi connectivity index (χ0v) is 9.21. The van der Waals surface area contributed by atoms with Gasteiger partial charge in [0.15, 0.2) is 0 Å². The van der Waals surface area contributed by atoms with Crippen molar-refractivity contribution in [2.24, 2.45) is 7.05 Å². The first-order valence-electron chi connectivity index (χ1n) is 4.96. The van der Waals surface area contributed by atoms with Gasteiger partial charge in [0.25, 0.3) is 5.91 Å². The molecule has 6 heteroatoms. The lowest BCUT2D eigenvalue weighted by Crippen LogP contribution is -2.16. The van der Waals surface area contributed by atoms with E-state index in [0.29, 0.717) is 11.5 Å². The minimum atomic E-state index is -0.387. The number of nitrogens with one attached hydrogen (secondary N) is 1. The highest BCUT2D eigenvalue weighted by molar-refractivity contribution is 6.07. The quantitative estimate of drug-likeness (QED) is 0.531. The van der Waals surface area contributed by atoms with Crippen LogP contribution >= 0.6 is 0 Å². The molecule has 0 fully saturated rings. The number of carbonyl (C=O) groups is 1. The van der Waals surface area contributed by atoms with E-state index in [1.54, 1.807) is 19.3 Å². The van der Waals surface area contributed by atoms with Crippen LogP contribution in [0.1, 0.15) is 10.4 Å². The highest BCUT2D eigenvalue weighted by Crippen LogP contribution is 2.19. The van der Waals surface area contributed by atoms with Crippen molar-refractivity contribution in [1.82, 2.24) is 9.78 Å². The number of aryl methyl sites for hydroxylation is 1. The van der Waals surface area contributed by atoms with Gasteiger partial charge in [-0.15, -0.1) is 0 Å². The van der Waals surface area contributed by atoms with E-state index in [1.807, 2.05) is 0 Å². The number of aromatic nitrogens is 2. The number of hydrogen-bond donors (Lipinski definition) is 3. The first kappa shape index (κ1) is 11.0. The van der Waals surface area contributed by atoms with Crippen LogP contribution in [-0.4, -0.2) is 20.8 Å².